The number of rotatable bonds is 5. The van der Waals surface area contributed by atoms with Crippen LogP contribution in [0.1, 0.15) is 10.4 Å². The molecule has 16 heavy (non-hydrogen) atoms. The number of carboxylic acid groups (broad SMARTS) is 1. The second-order valence-corrected chi connectivity index (χ2v) is 4.14. The van der Waals surface area contributed by atoms with Crippen LogP contribution in [0.5, 0.6) is 0 Å². The maximum atomic E-state index is 10.7. The first-order valence-corrected chi connectivity index (χ1v) is 5.30. The van der Waals surface area contributed by atoms with Crippen LogP contribution < -0.4 is 5.32 Å². The first-order valence-electron chi connectivity index (χ1n) is 4.92. The lowest BCUT2D eigenvalue weighted by Crippen LogP contribution is -2.20. The zero-order valence-corrected chi connectivity index (χ0v) is 10.1. The molecule has 0 heterocycles. The van der Waals surface area contributed by atoms with E-state index >= 15 is 0 Å². The smallest absolute Gasteiger partial charge is 0.337 e. The lowest BCUT2D eigenvalue weighted by molar-refractivity contribution is 0.0697. The number of benzene rings is 1. The van der Waals surface area contributed by atoms with Gasteiger partial charge in [-0.2, -0.15) is 0 Å². The fourth-order valence-corrected chi connectivity index (χ4v) is 1.48. The van der Waals surface area contributed by atoms with Crippen molar-refractivity contribution < 1.29 is 9.90 Å². The van der Waals surface area contributed by atoms with Gasteiger partial charge in [-0.15, -0.1) is 0 Å². The van der Waals surface area contributed by atoms with E-state index in [4.69, 9.17) is 16.7 Å². The average Bonchev–Trinajstić information content (AvgIpc) is 2.16. The fraction of sp³-hybridized carbons (Fsp3) is 0.364. The van der Waals surface area contributed by atoms with Crippen LogP contribution in [-0.2, 0) is 0 Å². The van der Waals surface area contributed by atoms with Crippen molar-refractivity contribution in [1.29, 1.82) is 0 Å². The standard InChI is InChI=1S/C11H15ClN2O2/c1-14(2)6-5-13-8-3-4-9(11(15)16)10(12)7-8/h3-4,7,13H,5-6H2,1-2H3,(H,15,16). The van der Waals surface area contributed by atoms with E-state index in [2.05, 4.69) is 10.2 Å². The maximum absolute atomic E-state index is 10.7. The molecule has 2 N–H and O–H groups in total. The average molecular weight is 243 g/mol. The van der Waals surface area contributed by atoms with E-state index in [1.165, 1.54) is 6.07 Å². The molecular formula is C11H15ClN2O2. The van der Waals surface area contributed by atoms with Crippen LogP contribution in [0.3, 0.4) is 0 Å². The number of nitrogens with one attached hydrogen (secondary N) is 1. The number of nitrogens with zero attached hydrogens (tertiary/aromatic N) is 1. The number of hydrogen-bond acceptors (Lipinski definition) is 3. The Morgan fingerprint density at radius 2 is 2.19 bits per heavy atom. The summed E-state index contributed by atoms with van der Waals surface area (Å²) in [5.41, 5.74) is 0.955. The normalized spacial score (nSPS) is 10.5. The molecule has 1 aromatic carbocycles. The second-order valence-electron chi connectivity index (χ2n) is 3.73. The van der Waals surface area contributed by atoms with Gasteiger partial charge in [-0.25, -0.2) is 4.79 Å². The van der Waals surface area contributed by atoms with Gasteiger partial charge in [-0.3, -0.25) is 0 Å². The van der Waals surface area contributed by atoms with Crippen molar-refractivity contribution in [2.45, 2.75) is 0 Å². The predicted molar refractivity (Wildman–Crippen MR) is 65.5 cm³/mol. The van der Waals surface area contributed by atoms with Crippen LogP contribution in [0.4, 0.5) is 5.69 Å². The summed E-state index contributed by atoms with van der Waals surface area (Å²) in [6, 6.07) is 4.84. The summed E-state index contributed by atoms with van der Waals surface area (Å²) in [7, 11) is 3.98. The number of anilines is 1. The molecule has 5 heteroatoms. The van der Waals surface area contributed by atoms with Gasteiger partial charge >= 0.3 is 5.97 Å². The topological polar surface area (TPSA) is 52.6 Å². The number of halogens is 1. The van der Waals surface area contributed by atoms with Crippen LogP contribution >= 0.6 is 11.6 Å². The van der Waals surface area contributed by atoms with Crippen LogP contribution in [0, 0.1) is 0 Å². The third-order valence-corrected chi connectivity index (χ3v) is 2.40. The maximum Gasteiger partial charge on any atom is 0.337 e. The van der Waals surface area contributed by atoms with E-state index in [1.54, 1.807) is 12.1 Å². The molecule has 0 unspecified atom stereocenters. The van der Waals surface area contributed by atoms with E-state index in [0.29, 0.717) is 0 Å². The Hall–Kier alpha value is -1.26. The molecule has 0 bridgehead atoms. The van der Waals surface area contributed by atoms with E-state index in [0.717, 1.165) is 18.8 Å². The monoisotopic (exact) mass is 242 g/mol. The first kappa shape index (κ1) is 12.8. The molecule has 0 atom stereocenters. The molecule has 0 aliphatic carbocycles. The quantitative estimate of drug-likeness (QED) is 0.830. The second kappa shape index (κ2) is 5.72. The Morgan fingerprint density at radius 1 is 1.50 bits per heavy atom. The van der Waals surface area contributed by atoms with E-state index in [1.807, 2.05) is 14.1 Å². The minimum atomic E-state index is -1.01. The number of aromatic carboxylic acids is 1. The molecule has 0 fully saturated rings. The van der Waals surface area contributed by atoms with Gasteiger partial charge in [0.15, 0.2) is 0 Å². The number of hydrogen-bond donors (Lipinski definition) is 2. The van der Waals surface area contributed by atoms with Crippen molar-refractivity contribution in [2.75, 3.05) is 32.5 Å². The molecule has 0 aromatic heterocycles. The Balaban J connectivity index is 2.63. The molecule has 0 radical (unpaired) electrons. The van der Waals surface area contributed by atoms with Crippen molar-refractivity contribution in [3.05, 3.63) is 28.8 Å². The molecule has 0 saturated heterocycles. The number of carboxylic acids is 1. The van der Waals surface area contributed by atoms with Gasteiger partial charge in [0, 0.05) is 18.8 Å². The Bertz CT molecular complexity index is 380. The Kier molecular flexibility index (Phi) is 4.58. The van der Waals surface area contributed by atoms with Crippen molar-refractivity contribution in [2.24, 2.45) is 0 Å². The molecule has 1 aromatic rings. The summed E-state index contributed by atoms with van der Waals surface area (Å²) in [5.74, 6) is -1.01. The van der Waals surface area contributed by atoms with Gasteiger partial charge in [0.2, 0.25) is 0 Å². The molecule has 0 amide bonds. The molecule has 0 aliphatic heterocycles. The number of carbonyl (C=O) groups is 1. The molecule has 0 aliphatic rings. The largest absolute Gasteiger partial charge is 0.478 e. The van der Waals surface area contributed by atoms with Crippen molar-refractivity contribution in [3.8, 4) is 0 Å². The summed E-state index contributed by atoms with van der Waals surface area (Å²) >= 11 is 5.83. The Labute approximate surface area is 99.8 Å². The van der Waals surface area contributed by atoms with E-state index in [-0.39, 0.29) is 10.6 Å². The lowest BCUT2D eigenvalue weighted by Gasteiger charge is -2.11. The highest BCUT2D eigenvalue weighted by Gasteiger charge is 2.08. The summed E-state index contributed by atoms with van der Waals surface area (Å²) in [6.45, 7) is 1.69. The van der Waals surface area contributed by atoms with Crippen LogP contribution in [-0.4, -0.2) is 43.2 Å². The lowest BCUT2D eigenvalue weighted by atomic mass is 10.2. The van der Waals surface area contributed by atoms with E-state index < -0.39 is 5.97 Å². The minimum Gasteiger partial charge on any atom is -0.478 e. The molecular weight excluding hydrogens is 228 g/mol. The van der Waals surface area contributed by atoms with Gasteiger partial charge in [-0.1, -0.05) is 11.6 Å². The van der Waals surface area contributed by atoms with E-state index in [9.17, 15) is 4.79 Å². The van der Waals surface area contributed by atoms with Crippen LogP contribution in [0.25, 0.3) is 0 Å². The highest BCUT2D eigenvalue weighted by Crippen LogP contribution is 2.20. The molecule has 88 valence electrons. The molecule has 0 saturated carbocycles. The highest BCUT2D eigenvalue weighted by molar-refractivity contribution is 6.33. The fourth-order valence-electron chi connectivity index (χ4n) is 1.22. The zero-order chi connectivity index (χ0) is 12.1. The SMILES string of the molecule is CN(C)CCNc1ccc(C(=O)O)c(Cl)c1. The Morgan fingerprint density at radius 3 is 2.69 bits per heavy atom. The summed E-state index contributed by atoms with van der Waals surface area (Å²) < 4.78 is 0. The van der Waals surface area contributed by atoms with Crippen LogP contribution in [0.2, 0.25) is 5.02 Å². The molecule has 1 rings (SSSR count). The first-order chi connectivity index (χ1) is 7.50. The third-order valence-electron chi connectivity index (χ3n) is 2.09. The predicted octanol–water partition coefficient (Wildman–Crippen LogP) is 2.01. The van der Waals surface area contributed by atoms with Gasteiger partial charge in [0.25, 0.3) is 0 Å². The zero-order valence-electron chi connectivity index (χ0n) is 9.33. The third kappa shape index (κ3) is 3.72. The van der Waals surface area contributed by atoms with Crippen molar-refractivity contribution in [3.63, 3.8) is 0 Å². The van der Waals surface area contributed by atoms with Gasteiger partial charge in [0.05, 0.1) is 10.6 Å². The highest BCUT2D eigenvalue weighted by atomic mass is 35.5. The van der Waals surface area contributed by atoms with Gasteiger partial charge in [0.1, 0.15) is 0 Å². The van der Waals surface area contributed by atoms with Gasteiger partial charge < -0.3 is 15.3 Å². The van der Waals surface area contributed by atoms with Gasteiger partial charge in [-0.05, 0) is 32.3 Å². The minimum absolute atomic E-state index is 0.125. The van der Waals surface area contributed by atoms with Crippen molar-refractivity contribution in [1.82, 2.24) is 4.90 Å². The van der Waals surface area contributed by atoms with Crippen LogP contribution in [0.15, 0.2) is 18.2 Å². The molecule has 0 spiro atoms. The number of likely N-dealkylation sites (N-methyl/N-ethyl adjacent to an activating group) is 1. The summed E-state index contributed by atoms with van der Waals surface area (Å²) in [6.07, 6.45) is 0. The van der Waals surface area contributed by atoms with Crippen molar-refractivity contribution >= 4 is 23.3 Å². The summed E-state index contributed by atoms with van der Waals surface area (Å²) in [5, 5.41) is 12.2. The molecule has 4 nitrogen and oxygen atoms in total. The summed E-state index contributed by atoms with van der Waals surface area (Å²) in [4.78, 5) is 12.8.